The van der Waals surface area contributed by atoms with Crippen LogP contribution in [0.1, 0.15) is 15.9 Å². The SMILES string of the molecule is COc1cc(C(=O)O)c(F)cc1NS(=O)(=O)c1ccc(C)cc1. The molecule has 0 aliphatic rings. The second-order valence-corrected chi connectivity index (χ2v) is 6.44. The van der Waals surface area contributed by atoms with Gasteiger partial charge in [-0.15, -0.1) is 0 Å². The number of halogens is 1. The number of nitrogens with one attached hydrogen (secondary N) is 1. The lowest BCUT2D eigenvalue weighted by Gasteiger charge is -2.13. The number of methoxy groups -OCH3 is 1. The van der Waals surface area contributed by atoms with Crippen LogP contribution in [0.3, 0.4) is 0 Å². The Morgan fingerprint density at radius 3 is 2.35 bits per heavy atom. The van der Waals surface area contributed by atoms with Crippen molar-refractivity contribution in [2.45, 2.75) is 11.8 Å². The molecule has 23 heavy (non-hydrogen) atoms. The van der Waals surface area contributed by atoms with E-state index in [1.165, 1.54) is 19.2 Å². The minimum atomic E-state index is -3.96. The number of carboxylic acid groups (broad SMARTS) is 1. The molecule has 0 unspecified atom stereocenters. The van der Waals surface area contributed by atoms with Crippen LogP contribution >= 0.6 is 0 Å². The molecule has 0 aromatic heterocycles. The van der Waals surface area contributed by atoms with Crippen molar-refractivity contribution in [3.63, 3.8) is 0 Å². The van der Waals surface area contributed by atoms with Crippen LogP contribution in [0.2, 0.25) is 0 Å². The number of hydrogen-bond donors (Lipinski definition) is 2. The Bertz CT molecular complexity index is 847. The lowest BCUT2D eigenvalue weighted by molar-refractivity contribution is 0.0691. The fourth-order valence-electron chi connectivity index (χ4n) is 1.89. The standard InChI is InChI=1S/C15H14FNO5S/c1-9-3-5-10(6-4-9)23(20,21)17-13-8-12(16)11(15(18)19)7-14(13)22-2/h3-8,17H,1-2H3,(H,18,19). The van der Waals surface area contributed by atoms with Crippen molar-refractivity contribution in [2.75, 3.05) is 11.8 Å². The van der Waals surface area contributed by atoms with E-state index in [2.05, 4.69) is 4.72 Å². The van der Waals surface area contributed by atoms with Gasteiger partial charge in [0.25, 0.3) is 10.0 Å². The number of rotatable bonds is 5. The second-order valence-electron chi connectivity index (χ2n) is 4.76. The summed E-state index contributed by atoms with van der Waals surface area (Å²) >= 11 is 0. The van der Waals surface area contributed by atoms with Crippen LogP contribution in [0.25, 0.3) is 0 Å². The minimum Gasteiger partial charge on any atom is -0.495 e. The van der Waals surface area contributed by atoms with Crippen LogP contribution in [-0.2, 0) is 10.0 Å². The second kappa shape index (κ2) is 6.25. The molecule has 0 saturated carbocycles. The molecule has 0 aliphatic carbocycles. The van der Waals surface area contributed by atoms with Gasteiger partial charge in [0.15, 0.2) is 0 Å². The smallest absolute Gasteiger partial charge is 0.338 e. The average Bonchev–Trinajstić information content (AvgIpc) is 2.47. The summed E-state index contributed by atoms with van der Waals surface area (Å²) in [6.45, 7) is 1.81. The van der Waals surface area contributed by atoms with Gasteiger partial charge >= 0.3 is 5.97 Å². The molecule has 0 aliphatic heterocycles. The molecule has 122 valence electrons. The van der Waals surface area contributed by atoms with Crippen LogP contribution in [0.15, 0.2) is 41.3 Å². The maximum Gasteiger partial charge on any atom is 0.338 e. The monoisotopic (exact) mass is 339 g/mol. The van der Waals surface area contributed by atoms with Crippen LogP contribution in [0.4, 0.5) is 10.1 Å². The predicted octanol–water partition coefficient (Wildman–Crippen LogP) is 2.64. The van der Waals surface area contributed by atoms with E-state index in [0.29, 0.717) is 0 Å². The molecule has 0 fully saturated rings. The van der Waals surface area contributed by atoms with Crippen LogP contribution < -0.4 is 9.46 Å². The third kappa shape index (κ3) is 3.59. The molecule has 0 saturated heterocycles. The van der Waals surface area contributed by atoms with Crippen molar-refractivity contribution in [3.8, 4) is 5.75 Å². The highest BCUT2D eigenvalue weighted by Gasteiger charge is 2.20. The summed E-state index contributed by atoms with van der Waals surface area (Å²) in [5.41, 5.74) is 0.0918. The van der Waals surface area contributed by atoms with Crippen molar-refractivity contribution < 1.29 is 27.4 Å². The number of carbonyl (C=O) groups is 1. The molecule has 0 spiro atoms. The first-order valence-electron chi connectivity index (χ1n) is 6.45. The maximum absolute atomic E-state index is 13.8. The fourth-order valence-corrected chi connectivity index (χ4v) is 2.95. The average molecular weight is 339 g/mol. The van der Waals surface area contributed by atoms with Crippen LogP contribution in [-0.4, -0.2) is 26.6 Å². The fraction of sp³-hybridized carbons (Fsp3) is 0.133. The summed E-state index contributed by atoms with van der Waals surface area (Å²) in [5.74, 6) is -2.65. The molecule has 2 aromatic rings. The Kier molecular flexibility index (Phi) is 4.55. The zero-order valence-corrected chi connectivity index (χ0v) is 13.1. The highest BCUT2D eigenvalue weighted by Crippen LogP contribution is 2.30. The van der Waals surface area contributed by atoms with Gasteiger partial charge in [0, 0.05) is 6.07 Å². The van der Waals surface area contributed by atoms with Crippen molar-refractivity contribution in [3.05, 3.63) is 53.3 Å². The first-order chi connectivity index (χ1) is 10.7. The van der Waals surface area contributed by atoms with Gasteiger partial charge in [-0.3, -0.25) is 4.72 Å². The number of aromatic carboxylic acids is 1. The minimum absolute atomic E-state index is 0.00660. The summed E-state index contributed by atoms with van der Waals surface area (Å²) in [7, 11) is -2.73. The summed E-state index contributed by atoms with van der Waals surface area (Å²) in [4.78, 5) is 10.9. The van der Waals surface area contributed by atoms with E-state index in [9.17, 15) is 17.6 Å². The lowest BCUT2D eigenvalue weighted by Crippen LogP contribution is -2.14. The highest BCUT2D eigenvalue weighted by molar-refractivity contribution is 7.92. The van der Waals surface area contributed by atoms with Crippen molar-refractivity contribution in [2.24, 2.45) is 0 Å². The Labute approximate surface area is 132 Å². The van der Waals surface area contributed by atoms with Gasteiger partial charge in [0.1, 0.15) is 11.6 Å². The maximum atomic E-state index is 13.8. The van der Waals surface area contributed by atoms with Crippen molar-refractivity contribution >= 4 is 21.7 Å². The van der Waals surface area contributed by atoms with Gasteiger partial charge in [0.2, 0.25) is 0 Å². The van der Waals surface area contributed by atoms with Gasteiger partial charge in [0.05, 0.1) is 23.3 Å². The topological polar surface area (TPSA) is 92.7 Å². The Hall–Kier alpha value is -2.61. The number of sulfonamides is 1. The van der Waals surface area contributed by atoms with Gasteiger partial charge in [-0.1, -0.05) is 17.7 Å². The third-order valence-electron chi connectivity index (χ3n) is 3.10. The molecule has 2 rings (SSSR count). The highest BCUT2D eigenvalue weighted by atomic mass is 32.2. The number of ether oxygens (including phenoxy) is 1. The molecule has 8 heteroatoms. The van der Waals surface area contributed by atoms with E-state index in [0.717, 1.165) is 17.7 Å². The summed E-state index contributed by atoms with van der Waals surface area (Å²) in [5, 5.41) is 8.88. The summed E-state index contributed by atoms with van der Waals surface area (Å²) in [6, 6.07) is 7.76. The van der Waals surface area contributed by atoms with Crippen molar-refractivity contribution in [1.82, 2.24) is 0 Å². The van der Waals surface area contributed by atoms with Crippen molar-refractivity contribution in [1.29, 1.82) is 0 Å². The van der Waals surface area contributed by atoms with E-state index in [-0.39, 0.29) is 16.3 Å². The zero-order valence-electron chi connectivity index (χ0n) is 12.3. The molecule has 2 N–H and O–H groups in total. The molecular weight excluding hydrogens is 325 g/mol. The largest absolute Gasteiger partial charge is 0.495 e. The normalized spacial score (nSPS) is 11.1. The number of carboxylic acids is 1. The molecule has 0 radical (unpaired) electrons. The third-order valence-corrected chi connectivity index (χ3v) is 4.48. The van der Waals surface area contributed by atoms with E-state index in [4.69, 9.17) is 9.84 Å². The Morgan fingerprint density at radius 2 is 1.83 bits per heavy atom. The van der Waals surface area contributed by atoms with E-state index < -0.39 is 27.4 Å². The molecule has 0 bridgehead atoms. The molecule has 0 amide bonds. The quantitative estimate of drug-likeness (QED) is 0.873. The molecule has 0 heterocycles. The molecule has 0 atom stereocenters. The van der Waals surface area contributed by atoms with Gasteiger partial charge in [-0.2, -0.15) is 0 Å². The summed E-state index contributed by atoms with van der Waals surface area (Å²) < 4.78 is 45.5. The molecular formula is C15H14FNO5S. The van der Waals surface area contributed by atoms with Crippen LogP contribution in [0, 0.1) is 12.7 Å². The van der Waals surface area contributed by atoms with Gasteiger partial charge in [-0.25, -0.2) is 17.6 Å². The van der Waals surface area contributed by atoms with E-state index >= 15 is 0 Å². The van der Waals surface area contributed by atoms with Gasteiger partial charge in [-0.05, 0) is 25.1 Å². The van der Waals surface area contributed by atoms with Crippen LogP contribution in [0.5, 0.6) is 5.75 Å². The first-order valence-corrected chi connectivity index (χ1v) is 7.93. The molecule has 6 nitrogen and oxygen atoms in total. The van der Waals surface area contributed by atoms with E-state index in [1.54, 1.807) is 12.1 Å². The molecule has 2 aromatic carbocycles. The Morgan fingerprint density at radius 1 is 1.22 bits per heavy atom. The number of hydrogen-bond acceptors (Lipinski definition) is 4. The first kappa shape index (κ1) is 16.8. The zero-order chi connectivity index (χ0) is 17.2. The van der Waals surface area contributed by atoms with Gasteiger partial charge < -0.3 is 9.84 Å². The number of anilines is 1. The Balaban J connectivity index is 2.44. The number of benzene rings is 2. The summed E-state index contributed by atoms with van der Waals surface area (Å²) in [6.07, 6.45) is 0. The predicted molar refractivity (Wildman–Crippen MR) is 81.9 cm³/mol. The number of aryl methyl sites for hydroxylation is 1. The lowest BCUT2D eigenvalue weighted by atomic mass is 10.2. The van der Waals surface area contributed by atoms with E-state index in [1.807, 2.05) is 6.92 Å².